The van der Waals surface area contributed by atoms with E-state index in [9.17, 15) is 0 Å². The molecule has 2 fully saturated rings. The molecule has 1 atom stereocenters. The summed E-state index contributed by atoms with van der Waals surface area (Å²) in [7, 11) is 0. The predicted octanol–water partition coefficient (Wildman–Crippen LogP) is 1.79. The van der Waals surface area contributed by atoms with E-state index < -0.39 is 0 Å². The predicted molar refractivity (Wildman–Crippen MR) is 72.6 cm³/mol. The lowest BCUT2D eigenvalue weighted by Crippen LogP contribution is -2.49. The van der Waals surface area contributed by atoms with Crippen molar-refractivity contribution >= 4 is 11.8 Å². The third-order valence-corrected chi connectivity index (χ3v) is 4.90. The smallest absolute Gasteiger partial charge is 0.0713 e. The number of unbranched alkanes of at least 4 members (excludes halogenated alkanes) is 1. The highest BCUT2D eigenvalue weighted by molar-refractivity contribution is 7.99. The van der Waals surface area contributed by atoms with Gasteiger partial charge in [0.2, 0.25) is 0 Å². The van der Waals surface area contributed by atoms with E-state index in [4.69, 9.17) is 9.84 Å². The van der Waals surface area contributed by atoms with Crippen molar-refractivity contribution in [2.24, 2.45) is 0 Å². The second kappa shape index (κ2) is 6.98. The summed E-state index contributed by atoms with van der Waals surface area (Å²) in [6.07, 6.45) is 6.79. The number of thioether (sulfide) groups is 1. The topological polar surface area (TPSA) is 41.5 Å². The fraction of sp³-hybridized carbons (Fsp3) is 1.00. The van der Waals surface area contributed by atoms with E-state index in [1.54, 1.807) is 0 Å². The number of nitrogens with one attached hydrogen (secondary N) is 1. The first kappa shape index (κ1) is 13.7. The highest BCUT2D eigenvalue weighted by Gasteiger charge is 2.38. The van der Waals surface area contributed by atoms with Crippen molar-refractivity contribution in [3.05, 3.63) is 0 Å². The molecule has 100 valence electrons. The number of hydrogen-bond donors (Lipinski definition) is 2. The van der Waals surface area contributed by atoms with Crippen LogP contribution in [0, 0.1) is 0 Å². The van der Waals surface area contributed by atoms with Gasteiger partial charge in [-0.15, -0.1) is 0 Å². The SMILES string of the molecule is OCCCCNC1CCOC2(CCSCC2)C1. The van der Waals surface area contributed by atoms with E-state index in [2.05, 4.69) is 17.1 Å². The maximum absolute atomic E-state index is 8.75. The molecule has 1 spiro atoms. The van der Waals surface area contributed by atoms with E-state index in [0.717, 1.165) is 32.4 Å². The van der Waals surface area contributed by atoms with Gasteiger partial charge < -0.3 is 15.2 Å². The fourth-order valence-corrected chi connectivity index (χ4v) is 4.07. The molecule has 4 heteroatoms. The van der Waals surface area contributed by atoms with Crippen LogP contribution in [0.2, 0.25) is 0 Å². The van der Waals surface area contributed by atoms with E-state index >= 15 is 0 Å². The molecule has 17 heavy (non-hydrogen) atoms. The van der Waals surface area contributed by atoms with Gasteiger partial charge in [-0.05, 0) is 56.6 Å². The molecule has 0 aliphatic carbocycles. The van der Waals surface area contributed by atoms with Crippen LogP contribution in [0.25, 0.3) is 0 Å². The quantitative estimate of drug-likeness (QED) is 0.739. The minimum atomic E-state index is 0.193. The minimum absolute atomic E-state index is 0.193. The van der Waals surface area contributed by atoms with Crippen molar-refractivity contribution in [2.45, 2.75) is 50.2 Å². The molecular weight excluding hydrogens is 234 g/mol. The fourth-order valence-electron chi connectivity index (χ4n) is 2.84. The van der Waals surface area contributed by atoms with E-state index in [1.165, 1.54) is 30.8 Å². The van der Waals surface area contributed by atoms with Crippen LogP contribution in [0.15, 0.2) is 0 Å². The van der Waals surface area contributed by atoms with E-state index in [-0.39, 0.29) is 5.60 Å². The lowest BCUT2D eigenvalue weighted by molar-refractivity contribution is -0.0931. The summed E-state index contributed by atoms with van der Waals surface area (Å²) in [6.45, 7) is 2.27. The molecule has 2 aliphatic heterocycles. The number of aliphatic hydroxyl groups is 1. The van der Waals surface area contributed by atoms with Gasteiger partial charge in [-0.25, -0.2) is 0 Å². The second-order valence-corrected chi connectivity index (χ2v) is 6.44. The van der Waals surface area contributed by atoms with Crippen molar-refractivity contribution in [1.29, 1.82) is 0 Å². The largest absolute Gasteiger partial charge is 0.396 e. The van der Waals surface area contributed by atoms with Crippen molar-refractivity contribution in [1.82, 2.24) is 5.32 Å². The summed E-state index contributed by atoms with van der Waals surface area (Å²) >= 11 is 2.06. The Morgan fingerprint density at radius 3 is 2.88 bits per heavy atom. The molecule has 0 saturated carbocycles. The number of aliphatic hydroxyl groups excluding tert-OH is 1. The Balaban J connectivity index is 1.72. The number of hydrogen-bond acceptors (Lipinski definition) is 4. The van der Waals surface area contributed by atoms with Gasteiger partial charge in [0.15, 0.2) is 0 Å². The average molecular weight is 259 g/mol. The van der Waals surface area contributed by atoms with Gasteiger partial charge in [0.25, 0.3) is 0 Å². The first-order valence-corrected chi connectivity index (χ1v) is 8.06. The molecule has 0 aromatic rings. The monoisotopic (exact) mass is 259 g/mol. The Bertz CT molecular complexity index is 214. The van der Waals surface area contributed by atoms with Gasteiger partial charge in [0.05, 0.1) is 5.60 Å². The van der Waals surface area contributed by atoms with Crippen LogP contribution in [0.4, 0.5) is 0 Å². The zero-order valence-electron chi connectivity index (χ0n) is 10.6. The Morgan fingerprint density at radius 2 is 2.12 bits per heavy atom. The van der Waals surface area contributed by atoms with E-state index in [0.29, 0.717) is 12.6 Å². The third-order valence-electron chi connectivity index (χ3n) is 3.91. The third kappa shape index (κ3) is 4.12. The number of ether oxygens (including phenoxy) is 1. The Hall–Kier alpha value is 0.230. The van der Waals surface area contributed by atoms with Gasteiger partial charge in [-0.3, -0.25) is 0 Å². The van der Waals surface area contributed by atoms with E-state index in [1.807, 2.05) is 0 Å². The molecule has 3 nitrogen and oxygen atoms in total. The van der Waals surface area contributed by atoms with Crippen molar-refractivity contribution < 1.29 is 9.84 Å². The minimum Gasteiger partial charge on any atom is -0.396 e. The summed E-state index contributed by atoms with van der Waals surface area (Å²) in [5, 5.41) is 12.4. The van der Waals surface area contributed by atoms with Crippen LogP contribution >= 0.6 is 11.8 Å². The number of rotatable bonds is 5. The van der Waals surface area contributed by atoms with Gasteiger partial charge in [0, 0.05) is 19.3 Å². The standard InChI is InChI=1S/C13H25NO2S/c15-7-2-1-6-14-12-3-8-16-13(11-12)4-9-17-10-5-13/h12,14-15H,1-11H2. The van der Waals surface area contributed by atoms with Gasteiger partial charge >= 0.3 is 0 Å². The van der Waals surface area contributed by atoms with Gasteiger partial charge in [-0.1, -0.05) is 0 Å². The molecule has 0 aromatic heterocycles. The summed E-state index contributed by atoms with van der Waals surface area (Å²) in [5.74, 6) is 2.52. The Labute approximate surface area is 109 Å². The highest BCUT2D eigenvalue weighted by Crippen LogP contribution is 2.37. The molecule has 0 aromatic carbocycles. The zero-order chi connectivity index (χ0) is 12.0. The Kier molecular flexibility index (Phi) is 5.60. The molecule has 2 saturated heterocycles. The summed E-state index contributed by atoms with van der Waals surface area (Å²) in [4.78, 5) is 0. The first-order chi connectivity index (χ1) is 8.35. The van der Waals surface area contributed by atoms with Crippen LogP contribution in [0.5, 0.6) is 0 Å². The highest BCUT2D eigenvalue weighted by atomic mass is 32.2. The second-order valence-electron chi connectivity index (χ2n) is 5.22. The summed E-state index contributed by atoms with van der Waals surface area (Å²) < 4.78 is 6.07. The summed E-state index contributed by atoms with van der Waals surface area (Å²) in [6, 6.07) is 0.630. The van der Waals surface area contributed by atoms with Crippen molar-refractivity contribution in [3.8, 4) is 0 Å². The molecule has 2 aliphatic rings. The molecule has 2 rings (SSSR count). The molecule has 0 amide bonds. The van der Waals surface area contributed by atoms with Crippen molar-refractivity contribution in [2.75, 3.05) is 31.3 Å². The normalized spacial score (nSPS) is 28.4. The average Bonchev–Trinajstić information content (AvgIpc) is 2.36. The van der Waals surface area contributed by atoms with Crippen LogP contribution in [-0.4, -0.2) is 48.0 Å². The molecular formula is C13H25NO2S. The molecule has 2 N–H and O–H groups in total. The van der Waals surface area contributed by atoms with Crippen LogP contribution in [0.3, 0.4) is 0 Å². The van der Waals surface area contributed by atoms with Gasteiger partial charge in [0.1, 0.15) is 0 Å². The van der Waals surface area contributed by atoms with Gasteiger partial charge in [-0.2, -0.15) is 11.8 Å². The van der Waals surface area contributed by atoms with Crippen LogP contribution in [-0.2, 0) is 4.74 Å². The lowest BCUT2D eigenvalue weighted by atomic mass is 9.85. The maximum atomic E-state index is 8.75. The first-order valence-electron chi connectivity index (χ1n) is 6.91. The molecule has 2 heterocycles. The molecule has 1 unspecified atom stereocenters. The lowest BCUT2D eigenvalue weighted by Gasteiger charge is -2.43. The van der Waals surface area contributed by atoms with Crippen molar-refractivity contribution in [3.63, 3.8) is 0 Å². The maximum Gasteiger partial charge on any atom is 0.0713 e. The summed E-state index contributed by atoms with van der Waals surface area (Å²) in [5.41, 5.74) is 0.193. The Morgan fingerprint density at radius 1 is 1.29 bits per heavy atom. The van der Waals surface area contributed by atoms with Crippen LogP contribution in [0.1, 0.15) is 38.5 Å². The molecule has 0 radical (unpaired) electrons. The zero-order valence-corrected chi connectivity index (χ0v) is 11.4. The molecule has 0 bridgehead atoms. The van der Waals surface area contributed by atoms with Crippen LogP contribution < -0.4 is 5.32 Å².